The van der Waals surface area contributed by atoms with Crippen LogP contribution in [0.4, 0.5) is 5.69 Å². The molecule has 0 unspecified atom stereocenters. The minimum absolute atomic E-state index is 0.179. The molecule has 8 heteroatoms. The highest BCUT2D eigenvalue weighted by atomic mass is 16.3. The lowest BCUT2D eigenvalue weighted by molar-refractivity contribution is -0.123. The van der Waals surface area contributed by atoms with Crippen molar-refractivity contribution >= 4 is 28.5 Å². The maximum Gasteiger partial charge on any atom is 0.287 e. The van der Waals surface area contributed by atoms with Gasteiger partial charge in [-0.25, -0.2) is 0 Å². The maximum absolute atomic E-state index is 12.9. The van der Waals surface area contributed by atoms with Crippen molar-refractivity contribution in [1.29, 1.82) is 5.26 Å². The third kappa shape index (κ3) is 4.89. The molecule has 0 radical (unpaired) electrons. The highest BCUT2D eigenvalue weighted by Gasteiger charge is 2.45. The molecule has 4 rings (SSSR count). The second kappa shape index (κ2) is 8.83. The summed E-state index contributed by atoms with van der Waals surface area (Å²) in [6, 6.07) is 9.14. The number of hydrogen-bond donors (Lipinski definition) is 2. The van der Waals surface area contributed by atoms with Gasteiger partial charge in [0.15, 0.2) is 5.76 Å². The summed E-state index contributed by atoms with van der Waals surface area (Å²) in [7, 11) is 2.12. The molecule has 2 heterocycles. The Balaban J connectivity index is 1.47. The molecule has 1 aromatic heterocycles. The normalized spacial score (nSPS) is 18.9. The summed E-state index contributed by atoms with van der Waals surface area (Å²) < 4.78 is 5.87. The quantitative estimate of drug-likeness (QED) is 0.690. The molecule has 2 aromatic rings. The molecule has 0 bridgehead atoms. The van der Waals surface area contributed by atoms with Crippen LogP contribution >= 0.6 is 0 Å². The van der Waals surface area contributed by atoms with Gasteiger partial charge in [-0.1, -0.05) is 13.8 Å². The number of hydrogen-bond acceptors (Lipinski definition) is 6. The van der Waals surface area contributed by atoms with E-state index in [-0.39, 0.29) is 17.6 Å². The van der Waals surface area contributed by atoms with Crippen LogP contribution in [0.1, 0.15) is 43.7 Å². The summed E-state index contributed by atoms with van der Waals surface area (Å²) in [6.07, 6.45) is 1.78. The van der Waals surface area contributed by atoms with E-state index in [9.17, 15) is 14.9 Å². The molecule has 1 aliphatic carbocycles. The number of nitriles is 1. The molecule has 2 N–H and O–H groups in total. The van der Waals surface area contributed by atoms with E-state index in [1.165, 1.54) is 0 Å². The van der Waals surface area contributed by atoms with Crippen LogP contribution in [0, 0.1) is 17.2 Å². The smallest absolute Gasteiger partial charge is 0.287 e. The molecule has 2 amide bonds. The Morgan fingerprint density at radius 3 is 2.53 bits per heavy atom. The summed E-state index contributed by atoms with van der Waals surface area (Å²) in [4.78, 5) is 30.3. The predicted octanol–water partition coefficient (Wildman–Crippen LogP) is 2.50. The van der Waals surface area contributed by atoms with E-state index in [0.29, 0.717) is 24.8 Å². The highest BCUT2D eigenvalue weighted by molar-refractivity contribution is 5.99. The highest BCUT2D eigenvalue weighted by Crippen LogP contribution is 2.34. The van der Waals surface area contributed by atoms with Gasteiger partial charge in [0, 0.05) is 43.3 Å². The fourth-order valence-electron chi connectivity index (χ4n) is 4.04. The first kappa shape index (κ1) is 22.2. The van der Waals surface area contributed by atoms with Gasteiger partial charge in [0.05, 0.1) is 6.07 Å². The molecular weight excluding hydrogens is 406 g/mol. The van der Waals surface area contributed by atoms with E-state index >= 15 is 0 Å². The van der Waals surface area contributed by atoms with Crippen LogP contribution in [0.5, 0.6) is 0 Å². The second-order valence-electron chi connectivity index (χ2n) is 9.46. The van der Waals surface area contributed by atoms with E-state index in [1.807, 2.05) is 26.0 Å². The molecule has 2 fully saturated rings. The van der Waals surface area contributed by atoms with Crippen molar-refractivity contribution in [3.63, 3.8) is 0 Å². The molecule has 1 saturated carbocycles. The fourth-order valence-corrected chi connectivity index (χ4v) is 4.04. The largest absolute Gasteiger partial charge is 0.451 e. The first-order valence-electron chi connectivity index (χ1n) is 11.3. The van der Waals surface area contributed by atoms with Crippen LogP contribution in [-0.2, 0) is 4.79 Å². The summed E-state index contributed by atoms with van der Waals surface area (Å²) in [5.74, 6) is -0.367. The molecule has 170 valence electrons. The minimum Gasteiger partial charge on any atom is -0.451 e. The van der Waals surface area contributed by atoms with Crippen LogP contribution in [0.2, 0.25) is 0 Å². The fraction of sp³-hybridized carbons (Fsp3) is 0.542. The predicted molar refractivity (Wildman–Crippen MR) is 122 cm³/mol. The second-order valence-corrected chi connectivity index (χ2v) is 9.46. The Kier molecular flexibility index (Phi) is 6.11. The lowest BCUT2D eigenvalue weighted by atomic mass is 10.0. The number of piperazine rings is 1. The molecule has 8 nitrogen and oxygen atoms in total. The Hall–Kier alpha value is -3.05. The molecule has 2 aliphatic rings. The number of furan rings is 1. The Morgan fingerprint density at radius 2 is 1.91 bits per heavy atom. The number of likely N-dealkylation sites (N-methyl/N-ethyl adjacent to an activating group) is 1. The first-order chi connectivity index (χ1) is 15.3. The number of fused-ring (bicyclic) bond motifs is 1. The standard InChI is InChI=1S/C24H31N5O3/c1-16(2)12-19(22(30)27-24(15-25)6-7-24)26-23(31)21-13-17-4-5-18(14-20(17)32-21)29-10-8-28(3)9-11-29/h4-5,13-14,16,19H,6-12H2,1-3H3,(H,26,31)(H,27,30)/t19-/m0/s1. The Labute approximate surface area is 188 Å². The van der Waals surface area contributed by atoms with Crippen molar-refractivity contribution in [3.05, 3.63) is 30.0 Å². The van der Waals surface area contributed by atoms with Gasteiger partial charge in [-0.05, 0) is 50.4 Å². The number of carbonyl (C=O) groups is 2. The van der Waals surface area contributed by atoms with E-state index < -0.39 is 17.5 Å². The van der Waals surface area contributed by atoms with E-state index in [1.54, 1.807) is 6.07 Å². The molecular formula is C24H31N5O3. The van der Waals surface area contributed by atoms with Gasteiger partial charge in [-0.3, -0.25) is 9.59 Å². The third-order valence-corrected chi connectivity index (χ3v) is 6.25. The van der Waals surface area contributed by atoms with E-state index in [0.717, 1.165) is 37.3 Å². The van der Waals surface area contributed by atoms with Gasteiger partial charge in [0.25, 0.3) is 5.91 Å². The number of carbonyl (C=O) groups excluding carboxylic acids is 2. The lowest BCUT2D eigenvalue weighted by Crippen LogP contribution is -2.50. The number of rotatable bonds is 7. The minimum atomic E-state index is -0.768. The maximum atomic E-state index is 12.9. The molecule has 1 atom stereocenters. The van der Waals surface area contributed by atoms with Gasteiger partial charge < -0.3 is 24.9 Å². The molecule has 32 heavy (non-hydrogen) atoms. The Morgan fingerprint density at radius 1 is 1.19 bits per heavy atom. The van der Waals surface area contributed by atoms with Crippen molar-refractivity contribution in [3.8, 4) is 6.07 Å². The topological polar surface area (TPSA) is 102 Å². The average Bonchev–Trinajstić information content (AvgIpc) is 3.40. The average molecular weight is 438 g/mol. The summed E-state index contributed by atoms with van der Waals surface area (Å²) >= 11 is 0. The zero-order valence-electron chi connectivity index (χ0n) is 19.0. The zero-order chi connectivity index (χ0) is 22.9. The van der Waals surface area contributed by atoms with Gasteiger partial charge in [0.2, 0.25) is 5.91 Å². The van der Waals surface area contributed by atoms with Crippen molar-refractivity contribution in [1.82, 2.24) is 15.5 Å². The number of amides is 2. The van der Waals surface area contributed by atoms with Crippen molar-refractivity contribution in [2.75, 3.05) is 38.1 Å². The van der Waals surface area contributed by atoms with Crippen LogP contribution in [0.3, 0.4) is 0 Å². The summed E-state index contributed by atoms with van der Waals surface area (Å²) in [5.41, 5.74) is 0.962. The van der Waals surface area contributed by atoms with Gasteiger partial charge in [-0.15, -0.1) is 0 Å². The molecule has 1 aromatic carbocycles. The number of nitrogens with zero attached hydrogens (tertiary/aromatic N) is 3. The SMILES string of the molecule is CC(C)C[C@H](NC(=O)c1cc2ccc(N3CCN(C)CC3)cc2o1)C(=O)NC1(C#N)CC1. The van der Waals surface area contributed by atoms with Crippen LogP contribution < -0.4 is 15.5 Å². The van der Waals surface area contributed by atoms with Crippen LogP contribution in [0.15, 0.2) is 28.7 Å². The van der Waals surface area contributed by atoms with E-state index in [4.69, 9.17) is 4.42 Å². The first-order valence-corrected chi connectivity index (χ1v) is 11.3. The van der Waals surface area contributed by atoms with Crippen molar-refractivity contribution in [2.45, 2.75) is 44.7 Å². The van der Waals surface area contributed by atoms with Crippen molar-refractivity contribution < 1.29 is 14.0 Å². The molecule has 1 aliphatic heterocycles. The van der Waals surface area contributed by atoms with Crippen LogP contribution in [0.25, 0.3) is 11.0 Å². The molecule has 1 saturated heterocycles. The number of benzene rings is 1. The molecule has 0 spiro atoms. The number of anilines is 1. The van der Waals surface area contributed by atoms with E-state index in [2.05, 4.69) is 39.6 Å². The monoisotopic (exact) mass is 437 g/mol. The van der Waals surface area contributed by atoms with Gasteiger partial charge >= 0.3 is 0 Å². The third-order valence-electron chi connectivity index (χ3n) is 6.25. The Bertz CT molecular complexity index is 1040. The van der Waals surface area contributed by atoms with Gasteiger partial charge in [0.1, 0.15) is 17.2 Å². The lowest BCUT2D eigenvalue weighted by Gasteiger charge is -2.33. The summed E-state index contributed by atoms with van der Waals surface area (Å²) in [5, 5.41) is 15.7. The van der Waals surface area contributed by atoms with Crippen LogP contribution in [-0.4, -0.2) is 61.5 Å². The summed E-state index contributed by atoms with van der Waals surface area (Å²) in [6.45, 7) is 7.90. The van der Waals surface area contributed by atoms with Crippen molar-refractivity contribution in [2.24, 2.45) is 5.92 Å². The van der Waals surface area contributed by atoms with Gasteiger partial charge in [-0.2, -0.15) is 5.26 Å². The number of nitrogens with one attached hydrogen (secondary N) is 2. The zero-order valence-corrected chi connectivity index (χ0v) is 19.0.